The number of fused-ring (bicyclic) bond motifs is 1. The Morgan fingerprint density at radius 1 is 1.00 bits per heavy atom. The van der Waals surface area contributed by atoms with Gasteiger partial charge in [0.2, 0.25) is 15.9 Å². The highest BCUT2D eigenvalue weighted by Gasteiger charge is 2.19. The number of likely N-dealkylation sites (N-methyl/N-ethyl adjacent to an activating group) is 1. The number of rotatable bonds is 5. The van der Waals surface area contributed by atoms with E-state index in [1.54, 1.807) is 24.1 Å². The quantitative estimate of drug-likeness (QED) is 0.735. The maximum Gasteiger partial charge on any atom is 0.238 e. The third-order valence-corrected chi connectivity index (χ3v) is 5.82. The highest BCUT2D eigenvalue weighted by Crippen LogP contribution is 2.23. The number of primary sulfonamides is 1. The lowest BCUT2D eigenvalue weighted by Crippen LogP contribution is -2.31. The predicted octanol–water partition coefficient (Wildman–Crippen LogP) is 3.25. The molecular weight excluding hydrogens is 360 g/mol. The zero-order chi connectivity index (χ0) is 19.6. The van der Waals surface area contributed by atoms with Crippen LogP contribution >= 0.6 is 0 Å². The van der Waals surface area contributed by atoms with E-state index in [9.17, 15) is 13.2 Å². The van der Waals surface area contributed by atoms with E-state index in [4.69, 9.17) is 5.14 Å². The zero-order valence-corrected chi connectivity index (χ0v) is 16.1. The standard InChI is InChI=1S/C21H22N2O3S/c1-15(16-10-12-19(13-11-16)27(22,25)26)23(2)21(24)14-18-8-5-7-17-6-3-4-9-20(17)18/h3-13,15H,14H2,1-2H3,(H2,22,25,26)/t15-/m1/s1. The highest BCUT2D eigenvalue weighted by molar-refractivity contribution is 7.89. The minimum Gasteiger partial charge on any atom is -0.339 e. The molecule has 0 unspecified atom stereocenters. The molecule has 0 bridgehead atoms. The predicted molar refractivity (Wildman–Crippen MR) is 107 cm³/mol. The minimum atomic E-state index is -3.72. The molecule has 3 rings (SSSR count). The molecule has 6 heteroatoms. The number of hydrogen-bond acceptors (Lipinski definition) is 3. The molecule has 5 nitrogen and oxygen atoms in total. The fourth-order valence-electron chi connectivity index (χ4n) is 3.11. The van der Waals surface area contributed by atoms with Crippen LogP contribution in [0.1, 0.15) is 24.1 Å². The largest absolute Gasteiger partial charge is 0.339 e. The van der Waals surface area contributed by atoms with E-state index >= 15 is 0 Å². The van der Waals surface area contributed by atoms with Gasteiger partial charge in [-0.1, -0.05) is 54.6 Å². The molecule has 3 aromatic carbocycles. The van der Waals surface area contributed by atoms with Crippen molar-refractivity contribution in [2.45, 2.75) is 24.3 Å². The number of carbonyl (C=O) groups is 1. The zero-order valence-electron chi connectivity index (χ0n) is 15.3. The maximum atomic E-state index is 12.8. The number of benzene rings is 3. The molecular formula is C21H22N2O3S. The molecule has 0 aliphatic rings. The monoisotopic (exact) mass is 382 g/mol. The average molecular weight is 382 g/mol. The lowest BCUT2D eigenvalue weighted by Gasteiger charge is -2.26. The number of nitrogens with zero attached hydrogens (tertiary/aromatic N) is 1. The first-order valence-electron chi connectivity index (χ1n) is 8.62. The van der Waals surface area contributed by atoms with Crippen molar-refractivity contribution in [2.24, 2.45) is 5.14 Å². The normalized spacial score (nSPS) is 12.7. The van der Waals surface area contributed by atoms with Gasteiger partial charge in [-0.15, -0.1) is 0 Å². The third kappa shape index (κ3) is 4.18. The molecule has 0 heterocycles. The highest BCUT2D eigenvalue weighted by atomic mass is 32.2. The van der Waals surface area contributed by atoms with Gasteiger partial charge < -0.3 is 4.90 Å². The van der Waals surface area contributed by atoms with Gasteiger partial charge in [0.25, 0.3) is 0 Å². The van der Waals surface area contributed by atoms with Crippen LogP contribution in [-0.2, 0) is 21.2 Å². The van der Waals surface area contributed by atoms with Crippen LogP contribution in [0.5, 0.6) is 0 Å². The summed E-state index contributed by atoms with van der Waals surface area (Å²) in [7, 11) is -1.97. The summed E-state index contributed by atoms with van der Waals surface area (Å²) in [6, 6.07) is 20.1. The van der Waals surface area contributed by atoms with Crippen molar-refractivity contribution in [1.29, 1.82) is 0 Å². The first-order chi connectivity index (χ1) is 12.8. The summed E-state index contributed by atoms with van der Waals surface area (Å²) >= 11 is 0. The summed E-state index contributed by atoms with van der Waals surface area (Å²) in [4.78, 5) is 14.5. The Kier molecular flexibility index (Phi) is 5.30. The van der Waals surface area contributed by atoms with Gasteiger partial charge in [0.05, 0.1) is 17.4 Å². The van der Waals surface area contributed by atoms with Crippen molar-refractivity contribution in [3.63, 3.8) is 0 Å². The SMILES string of the molecule is C[C@H](c1ccc(S(N)(=O)=O)cc1)N(C)C(=O)Cc1cccc2ccccc12. The summed E-state index contributed by atoms with van der Waals surface area (Å²) in [6.45, 7) is 1.91. The van der Waals surface area contributed by atoms with Gasteiger partial charge in [-0.05, 0) is 41.0 Å². The van der Waals surface area contributed by atoms with Gasteiger partial charge in [-0.3, -0.25) is 4.79 Å². The number of amides is 1. The van der Waals surface area contributed by atoms with Crippen molar-refractivity contribution in [1.82, 2.24) is 4.90 Å². The van der Waals surface area contributed by atoms with Crippen molar-refractivity contribution < 1.29 is 13.2 Å². The average Bonchev–Trinajstić information content (AvgIpc) is 2.66. The molecule has 2 N–H and O–H groups in total. The van der Waals surface area contributed by atoms with Crippen molar-refractivity contribution in [2.75, 3.05) is 7.05 Å². The fraction of sp³-hybridized carbons (Fsp3) is 0.190. The Balaban J connectivity index is 1.78. The van der Waals surface area contributed by atoms with Gasteiger partial charge in [-0.2, -0.15) is 0 Å². The lowest BCUT2D eigenvalue weighted by molar-refractivity contribution is -0.131. The van der Waals surface area contributed by atoms with Crippen LogP contribution in [0.3, 0.4) is 0 Å². The maximum absolute atomic E-state index is 12.8. The molecule has 3 aromatic rings. The number of carbonyl (C=O) groups excluding carboxylic acids is 1. The van der Waals surface area contributed by atoms with Crippen molar-refractivity contribution >= 4 is 26.7 Å². The van der Waals surface area contributed by atoms with Crippen LogP contribution < -0.4 is 5.14 Å². The van der Waals surface area contributed by atoms with E-state index < -0.39 is 10.0 Å². The molecule has 0 fully saturated rings. The number of sulfonamides is 1. The van der Waals surface area contributed by atoms with E-state index in [0.29, 0.717) is 6.42 Å². The summed E-state index contributed by atoms with van der Waals surface area (Å²) in [5.74, 6) is -0.00521. The minimum absolute atomic E-state index is 0.00521. The van der Waals surface area contributed by atoms with E-state index in [0.717, 1.165) is 21.9 Å². The Morgan fingerprint density at radius 2 is 1.63 bits per heavy atom. The second-order valence-corrected chi connectivity index (χ2v) is 8.17. The van der Waals surface area contributed by atoms with Gasteiger partial charge >= 0.3 is 0 Å². The summed E-state index contributed by atoms with van der Waals surface area (Å²) < 4.78 is 22.8. The van der Waals surface area contributed by atoms with Crippen LogP contribution in [0.15, 0.2) is 71.6 Å². The van der Waals surface area contributed by atoms with Crippen LogP contribution in [0.4, 0.5) is 0 Å². The van der Waals surface area contributed by atoms with Gasteiger partial charge in [0.15, 0.2) is 0 Å². The second-order valence-electron chi connectivity index (χ2n) is 6.61. The molecule has 0 spiro atoms. The molecule has 1 amide bonds. The number of nitrogens with two attached hydrogens (primary N) is 1. The Hall–Kier alpha value is -2.70. The Bertz CT molecular complexity index is 1070. The van der Waals surface area contributed by atoms with Crippen LogP contribution in [0.25, 0.3) is 10.8 Å². The summed E-state index contributed by atoms with van der Waals surface area (Å²) in [6.07, 6.45) is 0.303. The first kappa shape index (κ1) is 19.1. The molecule has 0 aliphatic carbocycles. The number of hydrogen-bond donors (Lipinski definition) is 1. The van der Waals surface area contributed by atoms with E-state index in [1.807, 2.05) is 49.4 Å². The van der Waals surface area contributed by atoms with Crippen LogP contribution in [0, 0.1) is 0 Å². The fourth-order valence-corrected chi connectivity index (χ4v) is 3.63. The van der Waals surface area contributed by atoms with Crippen molar-refractivity contribution in [3.05, 3.63) is 77.9 Å². The second kappa shape index (κ2) is 7.50. The molecule has 1 atom stereocenters. The third-order valence-electron chi connectivity index (χ3n) is 4.89. The van der Waals surface area contributed by atoms with Gasteiger partial charge in [-0.25, -0.2) is 13.6 Å². The molecule has 0 aromatic heterocycles. The van der Waals surface area contributed by atoms with Crippen LogP contribution in [-0.4, -0.2) is 26.3 Å². The molecule has 0 radical (unpaired) electrons. The van der Waals surface area contributed by atoms with Crippen LogP contribution in [0.2, 0.25) is 0 Å². The Morgan fingerprint density at radius 3 is 2.30 bits per heavy atom. The molecule has 140 valence electrons. The molecule has 0 aliphatic heterocycles. The van der Waals surface area contributed by atoms with E-state index in [-0.39, 0.29) is 16.8 Å². The molecule has 0 saturated heterocycles. The summed E-state index contributed by atoms with van der Waals surface area (Å²) in [5, 5.41) is 7.31. The van der Waals surface area contributed by atoms with Gasteiger partial charge in [0, 0.05) is 7.05 Å². The van der Waals surface area contributed by atoms with E-state index in [1.165, 1.54) is 12.1 Å². The molecule has 0 saturated carbocycles. The first-order valence-corrected chi connectivity index (χ1v) is 10.2. The smallest absolute Gasteiger partial charge is 0.238 e. The molecule has 27 heavy (non-hydrogen) atoms. The topological polar surface area (TPSA) is 80.5 Å². The summed E-state index contributed by atoms with van der Waals surface area (Å²) in [5.41, 5.74) is 1.83. The Labute approximate surface area is 159 Å². The van der Waals surface area contributed by atoms with Gasteiger partial charge in [0.1, 0.15) is 0 Å². The van der Waals surface area contributed by atoms with E-state index in [2.05, 4.69) is 0 Å². The lowest BCUT2D eigenvalue weighted by atomic mass is 10.0. The van der Waals surface area contributed by atoms with Crippen molar-refractivity contribution in [3.8, 4) is 0 Å².